The Labute approximate surface area is 95.7 Å². The topological polar surface area (TPSA) is 9.23 Å². The normalized spacial score (nSPS) is 38.6. The SMILES string of the molecule is CC1CCCC(CBr)(OCC2CC2)C1. The van der Waals surface area contributed by atoms with Crippen molar-refractivity contribution in [1.29, 1.82) is 0 Å². The van der Waals surface area contributed by atoms with Gasteiger partial charge in [0, 0.05) is 5.33 Å². The van der Waals surface area contributed by atoms with Crippen molar-refractivity contribution in [1.82, 2.24) is 0 Å². The highest BCUT2D eigenvalue weighted by molar-refractivity contribution is 9.09. The fourth-order valence-corrected chi connectivity index (χ4v) is 3.15. The molecule has 2 saturated carbocycles. The van der Waals surface area contributed by atoms with E-state index in [2.05, 4.69) is 22.9 Å². The highest BCUT2D eigenvalue weighted by atomic mass is 79.9. The molecule has 0 N–H and O–H groups in total. The van der Waals surface area contributed by atoms with E-state index in [-0.39, 0.29) is 5.60 Å². The predicted octanol–water partition coefficient (Wildman–Crippen LogP) is 3.76. The first kappa shape index (κ1) is 10.9. The van der Waals surface area contributed by atoms with Crippen LogP contribution in [0, 0.1) is 11.8 Å². The van der Waals surface area contributed by atoms with Crippen molar-refractivity contribution in [2.24, 2.45) is 11.8 Å². The van der Waals surface area contributed by atoms with E-state index < -0.39 is 0 Å². The van der Waals surface area contributed by atoms with Gasteiger partial charge in [-0.05, 0) is 37.5 Å². The highest BCUT2D eigenvalue weighted by Crippen LogP contribution is 2.39. The Hall–Kier alpha value is 0.440. The number of hydrogen-bond acceptors (Lipinski definition) is 1. The van der Waals surface area contributed by atoms with Crippen LogP contribution in [-0.2, 0) is 4.74 Å². The van der Waals surface area contributed by atoms with Crippen LogP contribution in [0.15, 0.2) is 0 Å². The lowest BCUT2D eigenvalue weighted by atomic mass is 9.80. The lowest BCUT2D eigenvalue weighted by Gasteiger charge is -2.38. The summed E-state index contributed by atoms with van der Waals surface area (Å²) >= 11 is 3.64. The lowest BCUT2D eigenvalue weighted by molar-refractivity contribution is -0.0671. The second-order valence-corrected chi connectivity index (χ2v) is 5.83. The molecule has 2 aliphatic rings. The third-order valence-corrected chi connectivity index (χ3v) is 4.64. The number of rotatable bonds is 4. The first-order valence-electron chi connectivity index (χ1n) is 5.94. The van der Waals surface area contributed by atoms with Gasteiger partial charge in [-0.15, -0.1) is 0 Å². The number of halogens is 1. The summed E-state index contributed by atoms with van der Waals surface area (Å²) in [6.07, 6.45) is 8.04. The molecule has 2 aliphatic carbocycles. The molecule has 0 spiro atoms. The molecule has 2 fully saturated rings. The van der Waals surface area contributed by atoms with E-state index in [4.69, 9.17) is 4.74 Å². The van der Waals surface area contributed by atoms with Crippen molar-refractivity contribution >= 4 is 15.9 Å². The first-order chi connectivity index (χ1) is 6.74. The molecule has 82 valence electrons. The fourth-order valence-electron chi connectivity index (χ4n) is 2.48. The Bertz CT molecular complexity index is 191. The first-order valence-corrected chi connectivity index (χ1v) is 7.06. The standard InChI is InChI=1S/C12H21BrO/c1-10-3-2-6-12(7-10,9-13)14-8-11-4-5-11/h10-11H,2-9H2,1H3. The van der Waals surface area contributed by atoms with Gasteiger partial charge in [-0.1, -0.05) is 35.7 Å². The van der Waals surface area contributed by atoms with Gasteiger partial charge >= 0.3 is 0 Å². The summed E-state index contributed by atoms with van der Waals surface area (Å²) in [5.74, 6) is 1.74. The van der Waals surface area contributed by atoms with E-state index in [9.17, 15) is 0 Å². The Morgan fingerprint density at radius 2 is 2.14 bits per heavy atom. The van der Waals surface area contributed by atoms with Crippen molar-refractivity contribution in [2.75, 3.05) is 11.9 Å². The maximum atomic E-state index is 6.17. The zero-order valence-corrected chi connectivity index (χ0v) is 10.7. The summed E-state index contributed by atoms with van der Waals surface area (Å²) in [6.45, 7) is 3.37. The number of ether oxygens (including phenoxy) is 1. The van der Waals surface area contributed by atoms with Gasteiger partial charge in [0.2, 0.25) is 0 Å². The maximum Gasteiger partial charge on any atom is 0.0781 e. The molecule has 0 heterocycles. The van der Waals surface area contributed by atoms with Crippen molar-refractivity contribution in [2.45, 2.75) is 51.0 Å². The summed E-state index contributed by atoms with van der Waals surface area (Å²) < 4.78 is 6.17. The van der Waals surface area contributed by atoms with Gasteiger partial charge in [0.15, 0.2) is 0 Å². The third-order valence-electron chi connectivity index (χ3n) is 3.62. The van der Waals surface area contributed by atoms with Crippen LogP contribution in [0.4, 0.5) is 0 Å². The van der Waals surface area contributed by atoms with Gasteiger partial charge in [0.05, 0.1) is 12.2 Å². The molecule has 1 nitrogen and oxygen atoms in total. The van der Waals surface area contributed by atoms with Crippen LogP contribution in [0.2, 0.25) is 0 Å². The van der Waals surface area contributed by atoms with Crippen LogP contribution in [0.5, 0.6) is 0 Å². The molecule has 0 aromatic heterocycles. The van der Waals surface area contributed by atoms with Gasteiger partial charge in [0.25, 0.3) is 0 Å². The van der Waals surface area contributed by atoms with Crippen LogP contribution >= 0.6 is 15.9 Å². The second kappa shape index (κ2) is 4.52. The van der Waals surface area contributed by atoms with Crippen molar-refractivity contribution in [3.8, 4) is 0 Å². The summed E-state index contributed by atoms with van der Waals surface area (Å²) in [7, 11) is 0. The van der Waals surface area contributed by atoms with E-state index >= 15 is 0 Å². The minimum atomic E-state index is 0.181. The van der Waals surface area contributed by atoms with Crippen LogP contribution in [0.3, 0.4) is 0 Å². The minimum absolute atomic E-state index is 0.181. The van der Waals surface area contributed by atoms with Gasteiger partial charge in [0.1, 0.15) is 0 Å². The molecule has 0 aliphatic heterocycles. The molecule has 0 saturated heterocycles. The van der Waals surface area contributed by atoms with E-state index in [1.807, 2.05) is 0 Å². The largest absolute Gasteiger partial charge is 0.374 e. The van der Waals surface area contributed by atoms with E-state index in [1.54, 1.807) is 0 Å². The molecule has 0 bridgehead atoms. The van der Waals surface area contributed by atoms with Crippen LogP contribution in [0.1, 0.15) is 45.4 Å². The lowest BCUT2D eigenvalue weighted by Crippen LogP contribution is -2.40. The van der Waals surface area contributed by atoms with E-state index in [1.165, 1.54) is 38.5 Å². The molecule has 2 heteroatoms. The highest BCUT2D eigenvalue weighted by Gasteiger charge is 2.36. The van der Waals surface area contributed by atoms with Gasteiger partial charge in [-0.3, -0.25) is 0 Å². The van der Waals surface area contributed by atoms with E-state index in [0.29, 0.717) is 0 Å². The molecular formula is C12H21BrO. The smallest absolute Gasteiger partial charge is 0.0781 e. The zero-order chi connectivity index (χ0) is 10.0. The summed E-state index contributed by atoms with van der Waals surface area (Å²) in [6, 6.07) is 0. The van der Waals surface area contributed by atoms with Crippen molar-refractivity contribution < 1.29 is 4.74 Å². The molecule has 0 aromatic rings. The second-order valence-electron chi connectivity index (χ2n) is 5.27. The minimum Gasteiger partial charge on any atom is -0.374 e. The molecule has 2 unspecified atom stereocenters. The average molecular weight is 261 g/mol. The number of hydrogen-bond donors (Lipinski definition) is 0. The molecular weight excluding hydrogens is 240 g/mol. The van der Waals surface area contributed by atoms with Gasteiger partial charge < -0.3 is 4.74 Å². The van der Waals surface area contributed by atoms with E-state index in [0.717, 1.165) is 23.8 Å². The summed E-state index contributed by atoms with van der Waals surface area (Å²) in [5.41, 5.74) is 0.181. The Kier molecular flexibility index (Phi) is 3.54. The Balaban J connectivity index is 1.85. The Morgan fingerprint density at radius 3 is 2.71 bits per heavy atom. The molecule has 0 radical (unpaired) electrons. The van der Waals surface area contributed by atoms with Crippen molar-refractivity contribution in [3.63, 3.8) is 0 Å². The molecule has 0 amide bonds. The molecule has 14 heavy (non-hydrogen) atoms. The van der Waals surface area contributed by atoms with Crippen molar-refractivity contribution in [3.05, 3.63) is 0 Å². The molecule has 0 aromatic carbocycles. The fraction of sp³-hybridized carbons (Fsp3) is 1.00. The predicted molar refractivity (Wildman–Crippen MR) is 62.8 cm³/mol. The zero-order valence-electron chi connectivity index (χ0n) is 9.10. The Morgan fingerprint density at radius 1 is 1.36 bits per heavy atom. The summed E-state index contributed by atoms with van der Waals surface area (Å²) in [4.78, 5) is 0. The maximum absolute atomic E-state index is 6.17. The van der Waals surface area contributed by atoms with Crippen LogP contribution in [0.25, 0.3) is 0 Å². The molecule has 2 atom stereocenters. The van der Waals surface area contributed by atoms with Gasteiger partial charge in [-0.25, -0.2) is 0 Å². The molecule has 2 rings (SSSR count). The summed E-state index contributed by atoms with van der Waals surface area (Å²) in [5, 5.41) is 1.02. The third kappa shape index (κ3) is 2.73. The monoisotopic (exact) mass is 260 g/mol. The van der Waals surface area contributed by atoms with Gasteiger partial charge in [-0.2, -0.15) is 0 Å². The van der Waals surface area contributed by atoms with Crippen LogP contribution < -0.4 is 0 Å². The average Bonchev–Trinajstić information content (AvgIpc) is 2.98. The quantitative estimate of drug-likeness (QED) is 0.700. The van der Waals surface area contributed by atoms with Crippen LogP contribution in [-0.4, -0.2) is 17.5 Å². The number of alkyl halides is 1.